The predicted molar refractivity (Wildman–Crippen MR) is 98.8 cm³/mol. The number of phenols is 1. The zero-order valence-corrected chi connectivity index (χ0v) is 14.5. The predicted octanol–water partition coefficient (Wildman–Crippen LogP) is 2.97. The minimum Gasteiger partial charge on any atom is -0.505 e. The van der Waals surface area contributed by atoms with Crippen LogP contribution in [0.2, 0.25) is 0 Å². The Kier molecular flexibility index (Phi) is 4.88. The number of aromatic nitrogens is 2. The first-order chi connectivity index (χ1) is 12.4. The molecular formula is C20H20N2O4. The maximum Gasteiger partial charge on any atom is 0.198 e. The van der Waals surface area contributed by atoms with Crippen LogP contribution in [0.25, 0.3) is 17.1 Å². The maximum absolute atomic E-state index is 12.6. The zero-order valence-electron chi connectivity index (χ0n) is 14.5. The van der Waals surface area contributed by atoms with Crippen molar-refractivity contribution in [1.82, 2.24) is 9.97 Å². The number of imidazole rings is 1. The highest BCUT2D eigenvalue weighted by Gasteiger charge is 2.29. The molecule has 0 bridgehead atoms. The molecule has 6 nitrogen and oxygen atoms in total. The summed E-state index contributed by atoms with van der Waals surface area (Å²) < 4.78 is 0. The van der Waals surface area contributed by atoms with Crippen molar-refractivity contribution in [1.29, 1.82) is 0 Å². The second-order valence-corrected chi connectivity index (χ2v) is 6.37. The van der Waals surface area contributed by atoms with Crippen LogP contribution in [0.4, 0.5) is 0 Å². The van der Waals surface area contributed by atoms with E-state index in [1.807, 2.05) is 19.9 Å². The van der Waals surface area contributed by atoms with Gasteiger partial charge < -0.3 is 20.3 Å². The summed E-state index contributed by atoms with van der Waals surface area (Å²) in [6, 6.07) is 11.4. The Morgan fingerprint density at radius 2 is 1.81 bits per heavy atom. The maximum atomic E-state index is 12.6. The van der Waals surface area contributed by atoms with Gasteiger partial charge in [-0.2, -0.15) is 0 Å². The van der Waals surface area contributed by atoms with Crippen molar-refractivity contribution in [2.45, 2.75) is 26.1 Å². The van der Waals surface area contributed by atoms with Gasteiger partial charge in [0, 0.05) is 0 Å². The molecular weight excluding hydrogens is 332 g/mol. The Bertz CT molecular complexity index is 972. The molecule has 0 unspecified atom stereocenters. The van der Waals surface area contributed by atoms with Crippen molar-refractivity contribution < 1.29 is 20.1 Å². The van der Waals surface area contributed by atoms with Crippen molar-refractivity contribution >= 4 is 22.9 Å². The molecule has 0 saturated carbocycles. The number of aromatic amines is 1. The number of carbonyl (C=O) groups is 1. The molecule has 3 rings (SSSR count). The van der Waals surface area contributed by atoms with E-state index in [1.54, 1.807) is 36.4 Å². The summed E-state index contributed by atoms with van der Waals surface area (Å²) in [7, 11) is 0. The highest BCUT2D eigenvalue weighted by Crippen LogP contribution is 2.30. The average molecular weight is 352 g/mol. The number of ketones is 1. The minimum atomic E-state index is -1.70. The summed E-state index contributed by atoms with van der Waals surface area (Å²) >= 11 is 0. The normalized spacial score (nSPS) is 13.4. The summed E-state index contributed by atoms with van der Waals surface area (Å²) in [4.78, 5) is 19.9. The van der Waals surface area contributed by atoms with Crippen LogP contribution in [0.15, 0.2) is 48.0 Å². The highest BCUT2D eigenvalue weighted by molar-refractivity contribution is 6.05. The van der Waals surface area contributed by atoms with Gasteiger partial charge in [-0.25, -0.2) is 4.98 Å². The van der Waals surface area contributed by atoms with E-state index in [4.69, 9.17) is 0 Å². The first-order valence-electron chi connectivity index (χ1n) is 8.20. The van der Waals surface area contributed by atoms with Gasteiger partial charge >= 0.3 is 0 Å². The van der Waals surface area contributed by atoms with Gasteiger partial charge in [-0.15, -0.1) is 0 Å². The second kappa shape index (κ2) is 7.11. The number of hydrogen-bond acceptors (Lipinski definition) is 5. The molecule has 6 heteroatoms. The fraction of sp³-hybridized carbons (Fsp3) is 0.200. The van der Waals surface area contributed by atoms with Gasteiger partial charge in [0.1, 0.15) is 23.5 Å². The summed E-state index contributed by atoms with van der Waals surface area (Å²) in [5, 5.41) is 31.0. The molecule has 0 aliphatic rings. The average Bonchev–Trinajstić information content (AvgIpc) is 3.03. The number of rotatable bonds is 5. The van der Waals surface area contributed by atoms with Gasteiger partial charge in [0.15, 0.2) is 11.5 Å². The third-order valence-corrected chi connectivity index (χ3v) is 4.05. The molecule has 2 aromatic carbocycles. The number of nitrogens with one attached hydrogen (secondary N) is 1. The Hall–Kier alpha value is -2.96. The van der Waals surface area contributed by atoms with Gasteiger partial charge in [0.05, 0.1) is 11.1 Å². The number of carbonyl (C=O) groups excluding carboxylic acids is 1. The largest absolute Gasteiger partial charge is 0.505 e. The molecule has 0 amide bonds. The number of allylic oxidation sites excluding steroid dienone is 1. The Morgan fingerprint density at radius 1 is 1.12 bits per heavy atom. The molecule has 26 heavy (non-hydrogen) atoms. The van der Waals surface area contributed by atoms with E-state index < -0.39 is 18.0 Å². The van der Waals surface area contributed by atoms with Crippen molar-refractivity contribution in [3.63, 3.8) is 0 Å². The molecule has 3 aromatic rings. The van der Waals surface area contributed by atoms with Gasteiger partial charge in [-0.3, -0.25) is 4.79 Å². The number of benzene rings is 2. The topological polar surface area (TPSA) is 106 Å². The molecule has 0 aliphatic heterocycles. The quantitative estimate of drug-likeness (QED) is 0.528. The van der Waals surface area contributed by atoms with Crippen LogP contribution >= 0.6 is 0 Å². The number of Topliss-reactive ketones (excluding diaryl/α,β-unsaturated/α-hetero) is 1. The Balaban J connectivity index is 1.95. The van der Waals surface area contributed by atoms with E-state index in [0.29, 0.717) is 16.9 Å². The standard InChI is InChI=1S/C20H20N2O4/c1-11(2)10-15-21-14-9-8-13(18(24)16(14)22-15)19(25)20(26)17(23)12-6-4-3-5-7-12/h3-10,17,20,23-24,26H,1-2H3,(H,21,22)/t17-,20+/m0/s1. The van der Waals surface area contributed by atoms with Gasteiger partial charge in [0.2, 0.25) is 0 Å². The fourth-order valence-corrected chi connectivity index (χ4v) is 2.76. The van der Waals surface area contributed by atoms with Crippen LogP contribution in [0, 0.1) is 0 Å². The molecule has 0 fully saturated rings. The number of hydrogen-bond donors (Lipinski definition) is 4. The van der Waals surface area contributed by atoms with Crippen LogP contribution in [0.1, 0.15) is 41.7 Å². The number of aliphatic hydroxyl groups excluding tert-OH is 2. The molecule has 0 aliphatic carbocycles. The van der Waals surface area contributed by atoms with Gasteiger partial charge in [-0.1, -0.05) is 35.9 Å². The summed E-state index contributed by atoms with van der Waals surface area (Å²) in [6.45, 7) is 3.84. The summed E-state index contributed by atoms with van der Waals surface area (Å²) in [6.07, 6.45) is -1.27. The lowest BCUT2D eigenvalue weighted by atomic mass is 9.96. The molecule has 1 heterocycles. The van der Waals surface area contributed by atoms with Gasteiger partial charge in [-0.05, 0) is 37.6 Å². The molecule has 2 atom stereocenters. The van der Waals surface area contributed by atoms with Crippen LogP contribution in [-0.4, -0.2) is 37.2 Å². The van der Waals surface area contributed by atoms with E-state index >= 15 is 0 Å². The van der Waals surface area contributed by atoms with Crippen LogP contribution in [0.5, 0.6) is 5.75 Å². The number of nitrogens with zero attached hydrogens (tertiary/aromatic N) is 1. The number of phenolic OH excluding ortho intramolecular Hbond substituents is 1. The second-order valence-electron chi connectivity index (χ2n) is 6.37. The van der Waals surface area contributed by atoms with Crippen LogP contribution < -0.4 is 0 Å². The summed E-state index contributed by atoms with van der Waals surface area (Å²) in [5.74, 6) is -0.534. The first kappa shape index (κ1) is 17.8. The van der Waals surface area contributed by atoms with Crippen LogP contribution in [0.3, 0.4) is 0 Å². The lowest BCUT2D eigenvalue weighted by molar-refractivity contribution is 0.0202. The molecule has 1 aromatic heterocycles. The lowest BCUT2D eigenvalue weighted by Crippen LogP contribution is -2.28. The monoisotopic (exact) mass is 352 g/mol. The molecule has 0 saturated heterocycles. The SMILES string of the molecule is CC(C)=Cc1nc2c(O)c(C(=O)[C@H](O)[C@@H](O)c3ccccc3)ccc2[nH]1. The number of H-pyrrole nitrogens is 1. The Labute approximate surface area is 150 Å². The molecule has 0 spiro atoms. The molecule has 4 N–H and O–H groups in total. The van der Waals surface area contributed by atoms with E-state index in [0.717, 1.165) is 5.57 Å². The zero-order chi connectivity index (χ0) is 18.8. The fourth-order valence-electron chi connectivity index (χ4n) is 2.76. The lowest BCUT2D eigenvalue weighted by Gasteiger charge is -2.17. The third kappa shape index (κ3) is 3.37. The van der Waals surface area contributed by atoms with E-state index in [2.05, 4.69) is 9.97 Å². The van der Waals surface area contributed by atoms with E-state index in [-0.39, 0.29) is 16.8 Å². The minimum absolute atomic E-state index is 0.0877. The van der Waals surface area contributed by atoms with Gasteiger partial charge in [0.25, 0.3) is 0 Å². The van der Waals surface area contributed by atoms with Crippen molar-refractivity contribution in [2.75, 3.05) is 0 Å². The smallest absolute Gasteiger partial charge is 0.198 e. The first-order valence-corrected chi connectivity index (χ1v) is 8.20. The van der Waals surface area contributed by atoms with E-state index in [1.165, 1.54) is 6.07 Å². The number of aliphatic hydroxyl groups is 2. The third-order valence-electron chi connectivity index (χ3n) is 4.05. The molecule has 0 radical (unpaired) electrons. The van der Waals surface area contributed by atoms with Crippen molar-refractivity contribution in [3.8, 4) is 5.75 Å². The van der Waals surface area contributed by atoms with E-state index in [9.17, 15) is 20.1 Å². The van der Waals surface area contributed by atoms with Crippen molar-refractivity contribution in [2.24, 2.45) is 0 Å². The highest BCUT2D eigenvalue weighted by atomic mass is 16.3. The van der Waals surface area contributed by atoms with Crippen LogP contribution in [-0.2, 0) is 0 Å². The number of fused-ring (bicyclic) bond motifs is 1. The van der Waals surface area contributed by atoms with Crippen molar-refractivity contribution in [3.05, 3.63) is 65.0 Å². The molecule has 134 valence electrons. The number of aromatic hydroxyl groups is 1. The Morgan fingerprint density at radius 3 is 2.46 bits per heavy atom. The summed E-state index contributed by atoms with van der Waals surface area (Å²) in [5.41, 5.74) is 2.17.